The van der Waals surface area contributed by atoms with Gasteiger partial charge in [0.1, 0.15) is 6.04 Å². The highest BCUT2D eigenvalue weighted by Crippen LogP contribution is 2.01. The Morgan fingerprint density at radius 2 is 2.56 bits per heavy atom. The highest BCUT2D eigenvalue weighted by molar-refractivity contribution is 7.80. The van der Waals surface area contributed by atoms with E-state index in [0.717, 1.165) is 17.8 Å². The number of carbonyl (C=O) groups is 1. The molecular weight excluding hydrogens is 136 g/mol. The second kappa shape index (κ2) is 2.41. The van der Waals surface area contributed by atoms with Crippen LogP contribution in [0.4, 0.5) is 0 Å². The van der Waals surface area contributed by atoms with E-state index in [-0.39, 0.29) is 11.9 Å². The molecule has 0 aromatic heterocycles. The Morgan fingerprint density at radius 3 is 2.78 bits per heavy atom. The Bertz CT molecular complexity index is 157. The zero-order valence-electron chi connectivity index (χ0n) is 4.89. The smallest absolute Gasteiger partial charge is 0.239 e. The third kappa shape index (κ3) is 1.25. The van der Waals surface area contributed by atoms with E-state index in [4.69, 9.17) is 18.0 Å². The number of carbonyl (C=O) groups excluding carboxylic acids is 1. The lowest BCUT2D eigenvalue weighted by atomic mass is 10.2. The van der Waals surface area contributed by atoms with Gasteiger partial charge in [0.2, 0.25) is 5.91 Å². The number of thiocarbonyl (C=S) groups is 1. The van der Waals surface area contributed by atoms with E-state index in [9.17, 15) is 4.79 Å². The highest BCUT2D eigenvalue weighted by Gasteiger charge is 2.24. The lowest BCUT2D eigenvalue weighted by Crippen LogP contribution is -2.40. The third-order valence-electron chi connectivity index (χ3n) is 1.33. The second-order valence-electron chi connectivity index (χ2n) is 2.01. The second-order valence-corrected chi connectivity index (χ2v) is 2.53. The maximum absolute atomic E-state index is 10.5. The first kappa shape index (κ1) is 6.64. The molecule has 1 saturated heterocycles. The van der Waals surface area contributed by atoms with Gasteiger partial charge in [0.15, 0.2) is 0 Å². The van der Waals surface area contributed by atoms with Crippen LogP contribution in [-0.4, -0.2) is 23.4 Å². The first-order chi connectivity index (χ1) is 4.22. The fourth-order valence-corrected chi connectivity index (χ4v) is 1.16. The van der Waals surface area contributed by atoms with E-state index in [0.29, 0.717) is 0 Å². The largest absolute Gasteiger partial charge is 0.368 e. The summed E-state index contributed by atoms with van der Waals surface area (Å²) in [6, 6.07) is -0.347. The van der Waals surface area contributed by atoms with Crippen molar-refractivity contribution in [1.82, 2.24) is 5.32 Å². The molecule has 4 heteroatoms. The highest BCUT2D eigenvalue weighted by atomic mass is 32.1. The normalized spacial score (nSPS) is 26.7. The molecule has 3 N–H and O–H groups in total. The quantitative estimate of drug-likeness (QED) is 0.474. The molecule has 1 amide bonds. The van der Waals surface area contributed by atoms with Crippen LogP contribution in [-0.2, 0) is 4.79 Å². The van der Waals surface area contributed by atoms with Crippen molar-refractivity contribution in [3.63, 3.8) is 0 Å². The van der Waals surface area contributed by atoms with Crippen molar-refractivity contribution in [2.45, 2.75) is 12.5 Å². The van der Waals surface area contributed by atoms with Gasteiger partial charge in [-0.25, -0.2) is 0 Å². The van der Waals surface area contributed by atoms with Gasteiger partial charge in [-0.2, -0.15) is 0 Å². The van der Waals surface area contributed by atoms with Crippen molar-refractivity contribution < 1.29 is 4.79 Å². The average molecular weight is 144 g/mol. The minimum absolute atomic E-state index is 0.347. The van der Waals surface area contributed by atoms with Gasteiger partial charge in [0, 0.05) is 11.4 Å². The van der Waals surface area contributed by atoms with Crippen LogP contribution in [0.1, 0.15) is 6.42 Å². The van der Waals surface area contributed by atoms with Crippen LogP contribution in [0.2, 0.25) is 0 Å². The number of hydrogen-bond acceptors (Lipinski definition) is 3. The zero-order chi connectivity index (χ0) is 6.85. The SMILES string of the molecule is NC(=O)[C@H]1NCCC1=S. The van der Waals surface area contributed by atoms with Gasteiger partial charge in [0.25, 0.3) is 0 Å². The molecule has 1 heterocycles. The maximum Gasteiger partial charge on any atom is 0.239 e. The van der Waals surface area contributed by atoms with E-state index in [1.165, 1.54) is 0 Å². The molecule has 0 spiro atoms. The minimum atomic E-state index is -0.363. The Morgan fingerprint density at radius 1 is 1.89 bits per heavy atom. The molecule has 0 aliphatic carbocycles. The van der Waals surface area contributed by atoms with Crippen molar-refractivity contribution in [2.75, 3.05) is 6.54 Å². The Labute approximate surface area is 58.6 Å². The minimum Gasteiger partial charge on any atom is -0.368 e. The van der Waals surface area contributed by atoms with Gasteiger partial charge < -0.3 is 11.1 Å². The third-order valence-corrected chi connectivity index (χ3v) is 1.77. The predicted molar refractivity (Wildman–Crippen MR) is 38.2 cm³/mol. The number of nitrogens with one attached hydrogen (secondary N) is 1. The van der Waals surface area contributed by atoms with Gasteiger partial charge in [0.05, 0.1) is 0 Å². The van der Waals surface area contributed by atoms with Crippen LogP contribution in [0.15, 0.2) is 0 Å². The molecule has 1 aliphatic heterocycles. The van der Waals surface area contributed by atoms with Crippen LogP contribution < -0.4 is 11.1 Å². The van der Waals surface area contributed by atoms with Crippen LogP contribution in [0.25, 0.3) is 0 Å². The molecule has 1 rings (SSSR count). The molecule has 50 valence electrons. The molecule has 0 aromatic rings. The number of primary amides is 1. The van der Waals surface area contributed by atoms with Crippen molar-refractivity contribution in [1.29, 1.82) is 0 Å². The van der Waals surface area contributed by atoms with E-state index in [2.05, 4.69) is 5.32 Å². The molecule has 0 radical (unpaired) electrons. The van der Waals surface area contributed by atoms with Crippen LogP contribution in [0, 0.1) is 0 Å². The van der Waals surface area contributed by atoms with Crippen molar-refractivity contribution in [2.24, 2.45) is 5.73 Å². The summed E-state index contributed by atoms with van der Waals surface area (Å²) in [6.07, 6.45) is 0.795. The summed E-state index contributed by atoms with van der Waals surface area (Å²) >= 11 is 4.85. The molecule has 1 aliphatic rings. The van der Waals surface area contributed by atoms with E-state index in [1.54, 1.807) is 0 Å². The van der Waals surface area contributed by atoms with Gasteiger partial charge >= 0.3 is 0 Å². The Balaban J connectivity index is 2.60. The Kier molecular flexibility index (Phi) is 1.78. The molecule has 0 unspecified atom stereocenters. The number of rotatable bonds is 1. The summed E-state index contributed by atoms with van der Waals surface area (Å²) in [4.78, 5) is 11.2. The fourth-order valence-electron chi connectivity index (χ4n) is 0.857. The number of hydrogen-bond donors (Lipinski definition) is 2. The first-order valence-corrected chi connectivity index (χ1v) is 3.18. The fraction of sp³-hybridized carbons (Fsp3) is 0.600. The van der Waals surface area contributed by atoms with E-state index < -0.39 is 0 Å². The van der Waals surface area contributed by atoms with Crippen LogP contribution >= 0.6 is 12.2 Å². The summed E-state index contributed by atoms with van der Waals surface area (Å²) in [5.74, 6) is -0.363. The maximum atomic E-state index is 10.5. The molecule has 3 nitrogen and oxygen atoms in total. The lowest BCUT2D eigenvalue weighted by molar-refractivity contribution is -0.118. The topological polar surface area (TPSA) is 55.1 Å². The molecule has 9 heavy (non-hydrogen) atoms. The van der Waals surface area contributed by atoms with Crippen molar-refractivity contribution in [3.05, 3.63) is 0 Å². The van der Waals surface area contributed by atoms with Gasteiger partial charge in [-0.15, -0.1) is 0 Å². The summed E-state index contributed by atoms with van der Waals surface area (Å²) in [5, 5.41) is 2.89. The monoisotopic (exact) mass is 144 g/mol. The predicted octanol–water partition coefficient (Wildman–Crippen LogP) is -0.797. The molecular formula is C5H8N2OS. The molecule has 0 aromatic carbocycles. The summed E-state index contributed by atoms with van der Waals surface area (Å²) < 4.78 is 0. The standard InChI is InChI=1S/C5H8N2OS/c6-5(8)4-3(9)1-2-7-4/h4,7H,1-2H2,(H2,6,8)/t4-/m0/s1. The van der Waals surface area contributed by atoms with Crippen molar-refractivity contribution in [3.8, 4) is 0 Å². The molecule has 1 fully saturated rings. The molecule has 0 saturated carbocycles. The number of amides is 1. The summed E-state index contributed by atoms with van der Waals surface area (Å²) in [7, 11) is 0. The van der Waals surface area contributed by atoms with Crippen molar-refractivity contribution >= 4 is 23.0 Å². The molecule has 0 bridgehead atoms. The molecule has 1 atom stereocenters. The zero-order valence-corrected chi connectivity index (χ0v) is 5.70. The van der Waals surface area contributed by atoms with Crippen LogP contribution in [0.5, 0.6) is 0 Å². The first-order valence-electron chi connectivity index (χ1n) is 2.77. The average Bonchev–Trinajstić information content (AvgIpc) is 2.13. The van der Waals surface area contributed by atoms with Gasteiger partial charge in [-0.3, -0.25) is 4.79 Å². The van der Waals surface area contributed by atoms with Gasteiger partial charge in [-0.1, -0.05) is 12.2 Å². The van der Waals surface area contributed by atoms with E-state index >= 15 is 0 Å². The van der Waals surface area contributed by atoms with E-state index in [1.807, 2.05) is 0 Å². The lowest BCUT2D eigenvalue weighted by Gasteiger charge is -2.02. The number of nitrogens with two attached hydrogens (primary N) is 1. The summed E-state index contributed by atoms with van der Waals surface area (Å²) in [6.45, 7) is 0.784. The summed E-state index contributed by atoms with van der Waals surface area (Å²) in [5.41, 5.74) is 5.00. The van der Waals surface area contributed by atoms with Crippen LogP contribution in [0.3, 0.4) is 0 Å². The van der Waals surface area contributed by atoms with Gasteiger partial charge in [-0.05, 0) is 6.42 Å². The Hall–Kier alpha value is -0.480.